The Morgan fingerprint density at radius 1 is 1.36 bits per heavy atom. The van der Waals surface area contributed by atoms with E-state index in [0.29, 0.717) is 24.8 Å². The summed E-state index contributed by atoms with van der Waals surface area (Å²) in [4.78, 5) is 11.8. The molecular weight excluding hydrogens is 312 g/mol. The van der Waals surface area contributed by atoms with Gasteiger partial charge in [-0.25, -0.2) is 4.79 Å². The van der Waals surface area contributed by atoms with Gasteiger partial charge in [0.05, 0.1) is 19.5 Å². The van der Waals surface area contributed by atoms with Crippen LogP contribution in [0.5, 0.6) is 0 Å². The number of esters is 1. The van der Waals surface area contributed by atoms with Crippen LogP contribution in [0.2, 0.25) is 0 Å². The van der Waals surface area contributed by atoms with Gasteiger partial charge in [0.1, 0.15) is 12.2 Å². The number of ether oxygens (including phenoxy) is 3. The third-order valence-electron chi connectivity index (χ3n) is 4.00. The van der Waals surface area contributed by atoms with Gasteiger partial charge in [-0.2, -0.15) is 8.42 Å². The summed E-state index contributed by atoms with van der Waals surface area (Å²) in [5, 5.41) is 0. The number of carbonyl (C=O) groups is 1. The largest absolute Gasteiger partial charge is 0.466 e. The Bertz CT molecular complexity index is 562. The zero-order valence-electron chi connectivity index (χ0n) is 13.2. The van der Waals surface area contributed by atoms with E-state index in [4.69, 9.17) is 18.4 Å². The minimum atomic E-state index is -3.70. The molecule has 1 aliphatic carbocycles. The molecule has 8 heteroatoms. The maximum Gasteiger partial charge on any atom is 0.333 e. The van der Waals surface area contributed by atoms with Crippen LogP contribution < -0.4 is 0 Å². The molecule has 2 rings (SSSR count). The van der Waals surface area contributed by atoms with Gasteiger partial charge in [0, 0.05) is 12.0 Å². The maximum absolute atomic E-state index is 11.8. The zero-order chi connectivity index (χ0) is 16.5. The molecule has 0 saturated carbocycles. The second-order valence-corrected chi connectivity index (χ2v) is 7.11. The van der Waals surface area contributed by atoms with Crippen LogP contribution in [0.25, 0.3) is 0 Å². The first kappa shape index (κ1) is 17.4. The van der Waals surface area contributed by atoms with Crippen LogP contribution in [0.3, 0.4) is 0 Å². The molecule has 1 aliphatic heterocycles. The van der Waals surface area contributed by atoms with Crippen LogP contribution >= 0.6 is 0 Å². The molecule has 1 saturated heterocycles. The van der Waals surface area contributed by atoms with E-state index in [-0.39, 0.29) is 0 Å². The molecule has 22 heavy (non-hydrogen) atoms. The summed E-state index contributed by atoms with van der Waals surface area (Å²) in [5.41, 5.74) is 0.337. The lowest BCUT2D eigenvalue weighted by atomic mass is 9.92. The Morgan fingerprint density at radius 2 is 2.00 bits per heavy atom. The van der Waals surface area contributed by atoms with E-state index >= 15 is 0 Å². The van der Waals surface area contributed by atoms with Crippen molar-refractivity contribution in [1.29, 1.82) is 0 Å². The molecule has 0 aromatic heterocycles. The van der Waals surface area contributed by atoms with E-state index in [0.717, 1.165) is 6.26 Å². The highest BCUT2D eigenvalue weighted by atomic mass is 32.2. The molecular formula is C14H22O7S. The second kappa shape index (κ2) is 6.27. The monoisotopic (exact) mass is 334 g/mol. The summed E-state index contributed by atoms with van der Waals surface area (Å²) < 4.78 is 44.7. The maximum atomic E-state index is 11.8. The number of carbonyl (C=O) groups excluding carboxylic acids is 1. The summed E-state index contributed by atoms with van der Waals surface area (Å²) in [6, 6.07) is 0. The highest BCUT2D eigenvalue weighted by molar-refractivity contribution is 7.86. The fourth-order valence-electron chi connectivity index (χ4n) is 2.86. The molecule has 3 atom stereocenters. The molecule has 1 heterocycles. The predicted molar refractivity (Wildman–Crippen MR) is 77.5 cm³/mol. The van der Waals surface area contributed by atoms with E-state index in [1.165, 1.54) is 13.2 Å². The van der Waals surface area contributed by atoms with Crippen LogP contribution in [0.4, 0.5) is 0 Å². The summed E-state index contributed by atoms with van der Waals surface area (Å²) in [6.45, 7) is 3.86. The molecule has 0 aromatic rings. The van der Waals surface area contributed by atoms with Gasteiger partial charge in [-0.3, -0.25) is 4.18 Å². The van der Waals surface area contributed by atoms with Crippen LogP contribution in [0.1, 0.15) is 33.1 Å². The summed E-state index contributed by atoms with van der Waals surface area (Å²) in [7, 11) is -2.43. The molecule has 0 radical (unpaired) electrons. The van der Waals surface area contributed by atoms with E-state index in [1.807, 2.05) is 13.8 Å². The Hall–Kier alpha value is -0.960. The van der Waals surface area contributed by atoms with E-state index in [2.05, 4.69) is 0 Å². The molecule has 1 fully saturated rings. The number of fused-ring (bicyclic) bond motifs is 1. The van der Waals surface area contributed by atoms with Crippen molar-refractivity contribution in [3.8, 4) is 0 Å². The van der Waals surface area contributed by atoms with Gasteiger partial charge >= 0.3 is 5.97 Å². The predicted octanol–water partition coefficient (Wildman–Crippen LogP) is 1.13. The van der Waals surface area contributed by atoms with E-state index < -0.39 is 40.2 Å². The van der Waals surface area contributed by atoms with Gasteiger partial charge in [0.25, 0.3) is 10.1 Å². The van der Waals surface area contributed by atoms with Gasteiger partial charge < -0.3 is 14.2 Å². The standard InChI is InChI=1S/C14H22O7S/c1-5-14(6-2)19-10-7-9(13(15)18-3)8-11(12(10)20-14)21-22(4,16)17/h8,10-12H,5-7H2,1-4H3/t10-,11+,12-/m1/s1. The van der Waals surface area contributed by atoms with Crippen molar-refractivity contribution in [3.63, 3.8) is 0 Å². The number of hydrogen-bond acceptors (Lipinski definition) is 7. The quantitative estimate of drug-likeness (QED) is 0.550. The fraction of sp³-hybridized carbons (Fsp3) is 0.786. The smallest absolute Gasteiger partial charge is 0.333 e. The second-order valence-electron chi connectivity index (χ2n) is 5.51. The third-order valence-corrected chi connectivity index (χ3v) is 4.58. The molecule has 0 unspecified atom stereocenters. The number of rotatable bonds is 5. The first-order valence-electron chi connectivity index (χ1n) is 7.26. The van der Waals surface area contributed by atoms with Crippen molar-refractivity contribution >= 4 is 16.1 Å². The molecule has 0 N–H and O–H groups in total. The molecule has 2 aliphatic rings. The van der Waals surface area contributed by atoms with Gasteiger partial charge in [0.2, 0.25) is 0 Å². The minimum Gasteiger partial charge on any atom is -0.466 e. The SMILES string of the molecule is CCC1(CC)O[C@H]2[C@@H](OS(C)(=O)=O)C=C(C(=O)OC)C[C@H]2O1. The lowest BCUT2D eigenvalue weighted by Crippen LogP contribution is -2.41. The Kier molecular flexibility index (Phi) is 4.96. The molecule has 0 aromatic carbocycles. The fourth-order valence-corrected chi connectivity index (χ4v) is 3.43. The first-order chi connectivity index (χ1) is 10.2. The van der Waals surface area contributed by atoms with Crippen LogP contribution in [0, 0.1) is 0 Å². The molecule has 0 bridgehead atoms. The zero-order valence-corrected chi connectivity index (χ0v) is 14.0. The summed E-state index contributed by atoms with van der Waals surface area (Å²) in [6.07, 6.45) is 2.06. The Morgan fingerprint density at radius 3 is 2.50 bits per heavy atom. The van der Waals surface area contributed by atoms with Crippen molar-refractivity contribution in [1.82, 2.24) is 0 Å². The van der Waals surface area contributed by atoms with Gasteiger partial charge in [-0.05, 0) is 18.9 Å². The summed E-state index contributed by atoms with van der Waals surface area (Å²) >= 11 is 0. The lowest BCUT2D eigenvalue weighted by molar-refractivity contribution is -0.182. The number of hydrogen-bond donors (Lipinski definition) is 0. The average Bonchev–Trinajstić information content (AvgIpc) is 2.84. The average molecular weight is 334 g/mol. The molecule has 0 spiro atoms. The molecule has 0 amide bonds. The number of methoxy groups -OCH3 is 1. The van der Waals surface area contributed by atoms with Crippen LogP contribution in [-0.4, -0.2) is 51.9 Å². The Balaban J connectivity index is 2.32. The van der Waals surface area contributed by atoms with Crippen molar-refractivity contribution in [2.75, 3.05) is 13.4 Å². The first-order valence-corrected chi connectivity index (χ1v) is 9.08. The normalized spacial score (nSPS) is 30.5. The van der Waals surface area contributed by atoms with Crippen molar-refractivity contribution in [2.45, 2.75) is 57.2 Å². The topological polar surface area (TPSA) is 88.1 Å². The van der Waals surface area contributed by atoms with Gasteiger partial charge in [0.15, 0.2) is 5.79 Å². The minimum absolute atomic E-state index is 0.308. The van der Waals surface area contributed by atoms with E-state index in [1.54, 1.807) is 0 Å². The van der Waals surface area contributed by atoms with Crippen molar-refractivity contribution < 1.29 is 31.6 Å². The lowest BCUT2D eigenvalue weighted by Gasteiger charge is -2.28. The van der Waals surface area contributed by atoms with Crippen molar-refractivity contribution in [3.05, 3.63) is 11.6 Å². The van der Waals surface area contributed by atoms with Crippen molar-refractivity contribution in [2.24, 2.45) is 0 Å². The summed E-state index contributed by atoms with van der Waals surface area (Å²) in [5.74, 6) is -1.29. The van der Waals surface area contributed by atoms with E-state index in [9.17, 15) is 13.2 Å². The van der Waals surface area contributed by atoms with Crippen LogP contribution in [0.15, 0.2) is 11.6 Å². The van der Waals surface area contributed by atoms with Gasteiger partial charge in [-0.15, -0.1) is 0 Å². The highest BCUT2D eigenvalue weighted by Gasteiger charge is 2.51. The van der Waals surface area contributed by atoms with Crippen LogP contribution in [-0.2, 0) is 33.3 Å². The van der Waals surface area contributed by atoms with Gasteiger partial charge in [-0.1, -0.05) is 13.8 Å². The highest BCUT2D eigenvalue weighted by Crippen LogP contribution is 2.41. The molecule has 7 nitrogen and oxygen atoms in total. The third kappa shape index (κ3) is 3.51. The molecule has 126 valence electrons. The Labute approximate surface area is 130 Å².